The Labute approximate surface area is 156 Å². The highest BCUT2D eigenvalue weighted by atomic mass is 35.5. The van der Waals surface area contributed by atoms with Crippen LogP contribution in [-0.4, -0.2) is 22.1 Å². The zero-order valence-electron chi connectivity index (χ0n) is 14.3. The molecule has 5 heteroatoms. The van der Waals surface area contributed by atoms with E-state index in [1.807, 2.05) is 53.2 Å². The van der Waals surface area contributed by atoms with Gasteiger partial charge in [0.05, 0.1) is 35.4 Å². The summed E-state index contributed by atoms with van der Waals surface area (Å²) in [6.45, 7) is 2.67. The second-order valence-corrected chi connectivity index (χ2v) is 6.49. The minimum atomic E-state index is -0.369. The monoisotopic (exact) mass is 364 g/mol. The average Bonchev–Trinajstić information content (AvgIpc) is 3.03. The highest BCUT2D eigenvalue weighted by Crippen LogP contribution is 2.27. The first-order chi connectivity index (χ1) is 12.7. The topological polar surface area (TPSA) is 44.1 Å². The fourth-order valence-electron chi connectivity index (χ4n) is 3.18. The molecule has 0 aliphatic carbocycles. The number of carbonyl (C=O) groups excluding carboxylic acids is 1. The van der Waals surface area contributed by atoms with Gasteiger partial charge < -0.3 is 9.30 Å². The maximum Gasteiger partial charge on any atom is 0.340 e. The number of esters is 1. The Balaban J connectivity index is 1.79. The van der Waals surface area contributed by atoms with Gasteiger partial charge in [0.1, 0.15) is 0 Å². The summed E-state index contributed by atoms with van der Waals surface area (Å²) >= 11 is 6.17. The van der Waals surface area contributed by atoms with Gasteiger partial charge in [0.2, 0.25) is 0 Å². The van der Waals surface area contributed by atoms with Crippen molar-refractivity contribution in [1.29, 1.82) is 0 Å². The van der Waals surface area contributed by atoms with Crippen LogP contribution in [0.25, 0.3) is 21.8 Å². The fraction of sp³-hybridized carbons (Fsp3) is 0.143. The van der Waals surface area contributed by atoms with Crippen LogP contribution in [-0.2, 0) is 11.3 Å². The largest absolute Gasteiger partial charge is 0.462 e. The number of halogens is 1. The summed E-state index contributed by atoms with van der Waals surface area (Å²) in [6.07, 6.45) is 1.95. The first-order valence-electron chi connectivity index (χ1n) is 8.46. The molecule has 4 aromatic rings. The second-order valence-electron chi connectivity index (χ2n) is 6.05. The van der Waals surface area contributed by atoms with Crippen LogP contribution >= 0.6 is 11.6 Å². The van der Waals surface area contributed by atoms with Gasteiger partial charge in [0, 0.05) is 22.0 Å². The highest BCUT2D eigenvalue weighted by molar-refractivity contribution is 6.32. The van der Waals surface area contributed by atoms with Crippen LogP contribution in [0.1, 0.15) is 23.0 Å². The molecule has 0 saturated carbocycles. The van der Waals surface area contributed by atoms with Crippen molar-refractivity contribution in [2.45, 2.75) is 13.5 Å². The summed E-state index contributed by atoms with van der Waals surface area (Å²) in [5.41, 5.74) is 3.16. The summed E-state index contributed by atoms with van der Waals surface area (Å²) in [6, 6.07) is 17.5. The summed E-state index contributed by atoms with van der Waals surface area (Å²) < 4.78 is 7.21. The molecule has 0 spiro atoms. The van der Waals surface area contributed by atoms with Gasteiger partial charge >= 0.3 is 5.97 Å². The van der Waals surface area contributed by atoms with E-state index in [1.54, 1.807) is 13.0 Å². The summed E-state index contributed by atoms with van der Waals surface area (Å²) in [4.78, 5) is 17.1. The molecule has 26 heavy (non-hydrogen) atoms. The normalized spacial score (nSPS) is 11.2. The van der Waals surface area contributed by atoms with E-state index in [1.165, 1.54) is 0 Å². The van der Waals surface area contributed by atoms with Crippen LogP contribution in [0.4, 0.5) is 0 Å². The van der Waals surface area contributed by atoms with Crippen molar-refractivity contribution in [3.05, 3.63) is 77.1 Å². The number of aromatic nitrogens is 2. The first-order valence-corrected chi connectivity index (χ1v) is 8.83. The van der Waals surface area contributed by atoms with Gasteiger partial charge in [-0.25, -0.2) is 4.79 Å². The number of nitrogens with zero attached hydrogens (tertiary/aromatic N) is 2. The molecular weight excluding hydrogens is 348 g/mol. The Morgan fingerprint density at radius 3 is 2.81 bits per heavy atom. The van der Waals surface area contributed by atoms with Crippen LogP contribution in [0.5, 0.6) is 0 Å². The van der Waals surface area contributed by atoms with Gasteiger partial charge in [-0.2, -0.15) is 0 Å². The van der Waals surface area contributed by atoms with E-state index >= 15 is 0 Å². The first kappa shape index (κ1) is 16.6. The Hall–Kier alpha value is -2.85. The summed E-state index contributed by atoms with van der Waals surface area (Å²) in [7, 11) is 0. The van der Waals surface area contributed by atoms with Crippen molar-refractivity contribution in [3.8, 4) is 0 Å². The number of rotatable bonds is 4. The summed E-state index contributed by atoms with van der Waals surface area (Å²) in [5.74, 6) is -0.369. The molecule has 2 aromatic carbocycles. The van der Waals surface area contributed by atoms with Gasteiger partial charge in [0.25, 0.3) is 0 Å². The number of fused-ring (bicyclic) bond motifs is 2. The maximum atomic E-state index is 12.4. The van der Waals surface area contributed by atoms with Gasteiger partial charge in [-0.1, -0.05) is 35.9 Å². The molecular formula is C21H17ClN2O2. The van der Waals surface area contributed by atoms with Crippen molar-refractivity contribution in [1.82, 2.24) is 9.55 Å². The van der Waals surface area contributed by atoms with Crippen molar-refractivity contribution >= 4 is 39.4 Å². The molecule has 0 N–H and O–H groups in total. The lowest BCUT2D eigenvalue weighted by molar-refractivity contribution is 0.0528. The molecule has 0 bridgehead atoms. The average molecular weight is 365 g/mol. The Kier molecular flexibility index (Phi) is 4.35. The van der Waals surface area contributed by atoms with Gasteiger partial charge in [-0.15, -0.1) is 0 Å². The molecule has 0 unspecified atom stereocenters. The van der Waals surface area contributed by atoms with Crippen LogP contribution in [0.2, 0.25) is 5.02 Å². The van der Waals surface area contributed by atoms with Crippen LogP contribution < -0.4 is 0 Å². The zero-order chi connectivity index (χ0) is 18.1. The maximum absolute atomic E-state index is 12.4. The molecule has 0 radical (unpaired) electrons. The van der Waals surface area contributed by atoms with E-state index in [0.717, 1.165) is 27.5 Å². The zero-order valence-corrected chi connectivity index (χ0v) is 15.0. The number of pyridine rings is 1. The predicted molar refractivity (Wildman–Crippen MR) is 104 cm³/mol. The van der Waals surface area contributed by atoms with Crippen LogP contribution in [0.15, 0.2) is 60.8 Å². The molecule has 0 amide bonds. The van der Waals surface area contributed by atoms with Crippen molar-refractivity contribution in [2.24, 2.45) is 0 Å². The Morgan fingerprint density at radius 2 is 1.96 bits per heavy atom. The lowest BCUT2D eigenvalue weighted by atomic mass is 10.1. The number of carbonyl (C=O) groups is 1. The van der Waals surface area contributed by atoms with E-state index in [9.17, 15) is 4.79 Å². The lowest BCUT2D eigenvalue weighted by Crippen LogP contribution is -2.09. The third kappa shape index (κ3) is 3.04. The Bertz CT molecular complexity index is 1120. The van der Waals surface area contributed by atoms with E-state index < -0.39 is 0 Å². The number of hydrogen-bond donors (Lipinski definition) is 0. The third-order valence-electron chi connectivity index (χ3n) is 4.31. The lowest BCUT2D eigenvalue weighted by Gasteiger charge is -2.10. The highest BCUT2D eigenvalue weighted by Gasteiger charge is 2.16. The minimum Gasteiger partial charge on any atom is -0.462 e. The van der Waals surface area contributed by atoms with Crippen molar-refractivity contribution in [3.63, 3.8) is 0 Å². The molecule has 4 rings (SSSR count). The number of ether oxygens (including phenoxy) is 1. The van der Waals surface area contributed by atoms with Gasteiger partial charge in [-0.3, -0.25) is 4.98 Å². The van der Waals surface area contributed by atoms with E-state index in [0.29, 0.717) is 23.7 Å². The standard InChI is InChI=1S/C21H17ClN2O2/c1-2-26-21(25)18-12-16(22)11-15-9-10-24(20(15)18)13-17-8-7-14-5-3-4-6-19(14)23-17/h3-12H,2,13H2,1H3. The third-order valence-corrected chi connectivity index (χ3v) is 4.53. The SMILES string of the molecule is CCOC(=O)c1cc(Cl)cc2ccn(Cc3ccc4ccccc4n3)c12. The molecule has 2 aromatic heterocycles. The van der Waals surface area contributed by atoms with E-state index in [2.05, 4.69) is 6.07 Å². The number of benzene rings is 2. The molecule has 0 aliphatic rings. The molecule has 0 atom stereocenters. The predicted octanol–water partition coefficient (Wildman–Crippen LogP) is 5.07. The second kappa shape index (κ2) is 6.81. The van der Waals surface area contributed by atoms with Crippen LogP contribution in [0, 0.1) is 0 Å². The molecule has 4 nitrogen and oxygen atoms in total. The smallest absolute Gasteiger partial charge is 0.340 e. The number of para-hydroxylation sites is 1. The molecule has 130 valence electrons. The summed E-state index contributed by atoms with van der Waals surface area (Å²) in [5, 5.41) is 2.52. The Morgan fingerprint density at radius 1 is 1.12 bits per heavy atom. The quantitative estimate of drug-likeness (QED) is 0.475. The molecule has 0 aliphatic heterocycles. The van der Waals surface area contributed by atoms with Crippen LogP contribution in [0.3, 0.4) is 0 Å². The van der Waals surface area contributed by atoms with Gasteiger partial charge in [0.15, 0.2) is 0 Å². The molecule has 0 fully saturated rings. The minimum absolute atomic E-state index is 0.319. The van der Waals surface area contributed by atoms with E-state index in [-0.39, 0.29) is 5.97 Å². The van der Waals surface area contributed by atoms with Crippen molar-refractivity contribution in [2.75, 3.05) is 6.61 Å². The molecule has 0 saturated heterocycles. The van der Waals surface area contributed by atoms with Gasteiger partial charge in [-0.05, 0) is 37.3 Å². The molecule has 2 heterocycles. The number of hydrogen-bond acceptors (Lipinski definition) is 3. The fourth-order valence-corrected chi connectivity index (χ4v) is 3.41. The van der Waals surface area contributed by atoms with E-state index in [4.69, 9.17) is 21.3 Å². The van der Waals surface area contributed by atoms with Crippen molar-refractivity contribution < 1.29 is 9.53 Å².